The molecule has 0 saturated carbocycles. The van der Waals surface area contributed by atoms with Gasteiger partial charge in [0.25, 0.3) is 5.91 Å². The van der Waals surface area contributed by atoms with Crippen LogP contribution < -0.4 is 4.90 Å². The number of carbonyl (C=O) groups excluding carboxylic acids is 1. The van der Waals surface area contributed by atoms with E-state index in [0.29, 0.717) is 42.5 Å². The van der Waals surface area contributed by atoms with E-state index in [2.05, 4.69) is 10.1 Å². The van der Waals surface area contributed by atoms with Crippen molar-refractivity contribution in [2.24, 2.45) is 0 Å². The van der Waals surface area contributed by atoms with Crippen molar-refractivity contribution in [2.45, 2.75) is 0 Å². The number of aromatic nitrogens is 1. The highest BCUT2D eigenvalue weighted by Crippen LogP contribution is 2.23. The molecule has 0 spiro atoms. The molecule has 1 aromatic heterocycles. The Morgan fingerprint density at radius 3 is 2.48 bits per heavy atom. The van der Waals surface area contributed by atoms with Gasteiger partial charge in [0.2, 0.25) is 5.76 Å². The summed E-state index contributed by atoms with van der Waals surface area (Å²) in [6.45, 7) is 2.59. The normalized spacial score (nSPS) is 14.4. The molecule has 1 saturated heterocycles. The fourth-order valence-corrected chi connectivity index (χ4v) is 3.31. The first-order chi connectivity index (χ1) is 13.1. The van der Waals surface area contributed by atoms with E-state index in [9.17, 15) is 9.18 Å². The second-order valence-corrected chi connectivity index (χ2v) is 6.78. The van der Waals surface area contributed by atoms with Crippen LogP contribution in [0.2, 0.25) is 5.02 Å². The van der Waals surface area contributed by atoms with Gasteiger partial charge in [-0.2, -0.15) is 0 Å². The van der Waals surface area contributed by atoms with Crippen LogP contribution >= 0.6 is 11.6 Å². The molecule has 1 aliphatic rings. The zero-order valence-corrected chi connectivity index (χ0v) is 15.2. The highest BCUT2D eigenvalue weighted by Gasteiger charge is 2.25. The monoisotopic (exact) mass is 385 g/mol. The van der Waals surface area contributed by atoms with Gasteiger partial charge in [0, 0.05) is 48.5 Å². The summed E-state index contributed by atoms with van der Waals surface area (Å²) < 4.78 is 18.3. The van der Waals surface area contributed by atoms with E-state index in [0.717, 1.165) is 5.69 Å². The molecule has 2 aromatic carbocycles. The third-order valence-electron chi connectivity index (χ3n) is 4.60. The summed E-state index contributed by atoms with van der Waals surface area (Å²) in [7, 11) is 0. The third-order valence-corrected chi connectivity index (χ3v) is 4.84. The molecule has 3 aromatic rings. The van der Waals surface area contributed by atoms with E-state index < -0.39 is 0 Å². The van der Waals surface area contributed by atoms with Gasteiger partial charge in [-0.15, -0.1) is 0 Å². The standard InChI is InChI=1S/C20H17ClFN3O2/c21-15-2-1-3-17(12-15)24-8-10-25(11-9-24)20(26)19-13-18(23-27-19)14-4-6-16(22)7-5-14/h1-7,12-13H,8-11H2. The number of rotatable bonds is 3. The first-order valence-electron chi connectivity index (χ1n) is 8.62. The summed E-state index contributed by atoms with van der Waals surface area (Å²) in [6.07, 6.45) is 0. The molecule has 4 rings (SSSR count). The van der Waals surface area contributed by atoms with Crippen molar-refractivity contribution in [3.05, 3.63) is 71.2 Å². The number of amides is 1. The Morgan fingerprint density at radius 1 is 1.04 bits per heavy atom. The molecule has 0 unspecified atom stereocenters. The molecule has 1 fully saturated rings. The molecule has 0 radical (unpaired) electrons. The largest absolute Gasteiger partial charge is 0.368 e. The van der Waals surface area contributed by atoms with Crippen molar-refractivity contribution in [1.29, 1.82) is 0 Å². The summed E-state index contributed by atoms with van der Waals surface area (Å²) in [5, 5.41) is 4.63. The minimum atomic E-state index is -0.323. The van der Waals surface area contributed by atoms with E-state index in [-0.39, 0.29) is 17.5 Å². The van der Waals surface area contributed by atoms with Gasteiger partial charge in [-0.3, -0.25) is 4.79 Å². The number of hydrogen-bond donors (Lipinski definition) is 0. The first-order valence-corrected chi connectivity index (χ1v) is 9.00. The quantitative estimate of drug-likeness (QED) is 0.681. The number of anilines is 1. The van der Waals surface area contributed by atoms with Gasteiger partial charge in [-0.05, 0) is 42.5 Å². The van der Waals surface area contributed by atoms with Crippen molar-refractivity contribution in [2.75, 3.05) is 31.1 Å². The fourth-order valence-electron chi connectivity index (χ4n) is 3.13. The number of nitrogens with zero attached hydrogens (tertiary/aromatic N) is 3. The van der Waals surface area contributed by atoms with E-state index in [1.54, 1.807) is 23.1 Å². The van der Waals surface area contributed by atoms with E-state index in [1.807, 2.05) is 24.3 Å². The van der Waals surface area contributed by atoms with Gasteiger partial charge >= 0.3 is 0 Å². The first kappa shape index (κ1) is 17.5. The Kier molecular flexibility index (Phi) is 4.81. The summed E-state index contributed by atoms with van der Waals surface area (Å²) in [5.74, 6) is -0.330. The number of hydrogen-bond acceptors (Lipinski definition) is 4. The summed E-state index contributed by atoms with van der Waals surface area (Å²) in [5.41, 5.74) is 2.26. The Labute approximate surface area is 160 Å². The van der Waals surface area contributed by atoms with Gasteiger partial charge in [0.05, 0.1) is 0 Å². The van der Waals surface area contributed by atoms with Crippen molar-refractivity contribution in [3.8, 4) is 11.3 Å². The summed E-state index contributed by atoms with van der Waals surface area (Å²) >= 11 is 6.05. The van der Waals surface area contributed by atoms with Crippen LogP contribution in [0, 0.1) is 5.82 Å². The van der Waals surface area contributed by atoms with Crippen molar-refractivity contribution >= 4 is 23.2 Å². The molecule has 0 N–H and O–H groups in total. The van der Waals surface area contributed by atoms with Crippen LogP contribution in [0.3, 0.4) is 0 Å². The van der Waals surface area contributed by atoms with Gasteiger partial charge < -0.3 is 14.3 Å². The van der Waals surface area contributed by atoms with E-state index in [1.165, 1.54) is 12.1 Å². The highest BCUT2D eigenvalue weighted by atomic mass is 35.5. The Morgan fingerprint density at radius 2 is 1.78 bits per heavy atom. The maximum atomic E-state index is 13.0. The molecule has 27 heavy (non-hydrogen) atoms. The van der Waals surface area contributed by atoms with Crippen molar-refractivity contribution in [3.63, 3.8) is 0 Å². The number of piperazine rings is 1. The van der Waals surface area contributed by atoms with Crippen molar-refractivity contribution < 1.29 is 13.7 Å². The van der Waals surface area contributed by atoms with Crippen molar-refractivity contribution in [1.82, 2.24) is 10.1 Å². The summed E-state index contributed by atoms with van der Waals surface area (Å²) in [4.78, 5) is 16.6. The van der Waals surface area contributed by atoms with E-state index in [4.69, 9.17) is 16.1 Å². The predicted molar refractivity (Wildman–Crippen MR) is 101 cm³/mol. The lowest BCUT2D eigenvalue weighted by molar-refractivity contribution is 0.0705. The van der Waals surface area contributed by atoms with Gasteiger partial charge in [0.1, 0.15) is 11.5 Å². The third kappa shape index (κ3) is 3.80. The molecule has 1 aliphatic heterocycles. The Balaban J connectivity index is 1.42. The molecule has 0 bridgehead atoms. The highest BCUT2D eigenvalue weighted by molar-refractivity contribution is 6.30. The minimum Gasteiger partial charge on any atom is -0.368 e. The van der Waals surface area contributed by atoms with E-state index >= 15 is 0 Å². The summed E-state index contributed by atoms with van der Waals surface area (Å²) in [6, 6.07) is 15.2. The maximum absolute atomic E-state index is 13.0. The van der Waals surface area contributed by atoms with Gasteiger partial charge in [-0.1, -0.05) is 22.8 Å². The number of halogens is 2. The molecular weight excluding hydrogens is 369 g/mol. The van der Waals surface area contributed by atoms with Crippen LogP contribution in [0.5, 0.6) is 0 Å². The molecule has 2 heterocycles. The Bertz CT molecular complexity index is 950. The molecule has 0 aliphatic carbocycles. The molecule has 7 heteroatoms. The van der Waals surface area contributed by atoms with Crippen LogP contribution in [-0.4, -0.2) is 42.1 Å². The zero-order chi connectivity index (χ0) is 18.8. The average Bonchev–Trinajstić information content (AvgIpc) is 3.18. The maximum Gasteiger partial charge on any atom is 0.292 e. The molecular formula is C20H17ClFN3O2. The van der Waals surface area contributed by atoms with Crippen LogP contribution in [-0.2, 0) is 0 Å². The molecule has 1 amide bonds. The number of carbonyl (C=O) groups is 1. The van der Waals surface area contributed by atoms with Crippen LogP contribution in [0.15, 0.2) is 59.1 Å². The minimum absolute atomic E-state index is 0.186. The predicted octanol–water partition coefficient (Wildman–Crippen LogP) is 4.10. The zero-order valence-electron chi connectivity index (χ0n) is 14.4. The van der Waals surface area contributed by atoms with Crippen LogP contribution in [0.4, 0.5) is 10.1 Å². The second kappa shape index (κ2) is 7.40. The lowest BCUT2D eigenvalue weighted by Crippen LogP contribution is -2.48. The topological polar surface area (TPSA) is 49.6 Å². The average molecular weight is 386 g/mol. The SMILES string of the molecule is O=C(c1cc(-c2ccc(F)cc2)no1)N1CCN(c2cccc(Cl)c2)CC1. The number of benzene rings is 2. The Hall–Kier alpha value is -2.86. The lowest BCUT2D eigenvalue weighted by Gasteiger charge is -2.35. The van der Waals surface area contributed by atoms with Gasteiger partial charge in [-0.25, -0.2) is 4.39 Å². The smallest absolute Gasteiger partial charge is 0.292 e. The molecule has 5 nitrogen and oxygen atoms in total. The van der Waals surface area contributed by atoms with Crippen LogP contribution in [0.25, 0.3) is 11.3 Å². The molecule has 138 valence electrons. The van der Waals surface area contributed by atoms with Crippen LogP contribution in [0.1, 0.15) is 10.6 Å². The fraction of sp³-hybridized carbons (Fsp3) is 0.200. The second-order valence-electron chi connectivity index (χ2n) is 6.34. The lowest BCUT2D eigenvalue weighted by atomic mass is 10.1. The van der Waals surface area contributed by atoms with Gasteiger partial charge in [0.15, 0.2) is 0 Å². The molecule has 0 atom stereocenters.